The van der Waals surface area contributed by atoms with Crippen LogP contribution in [0.4, 0.5) is 0 Å². The molecule has 3 amide bonds. The van der Waals surface area contributed by atoms with Gasteiger partial charge in [0.05, 0.1) is 12.4 Å². The van der Waals surface area contributed by atoms with Gasteiger partial charge in [0.1, 0.15) is 23.9 Å². The number of aromatic amines is 1. The summed E-state index contributed by atoms with van der Waals surface area (Å²) >= 11 is 0. The van der Waals surface area contributed by atoms with Crippen LogP contribution < -0.4 is 16.0 Å². The van der Waals surface area contributed by atoms with Crippen molar-refractivity contribution in [3.05, 3.63) is 48.0 Å². The van der Waals surface area contributed by atoms with Crippen LogP contribution in [-0.2, 0) is 32.0 Å². The van der Waals surface area contributed by atoms with E-state index >= 15 is 0 Å². The van der Waals surface area contributed by atoms with Crippen molar-refractivity contribution in [1.29, 1.82) is 0 Å². The van der Waals surface area contributed by atoms with Crippen LogP contribution in [0.15, 0.2) is 36.8 Å². The molecule has 0 spiro atoms. The second kappa shape index (κ2) is 11.9. The molecule has 2 aliphatic rings. The first-order valence-electron chi connectivity index (χ1n) is 12.4. The van der Waals surface area contributed by atoms with E-state index in [1.165, 1.54) is 24.7 Å². The number of aromatic nitrogens is 2. The van der Waals surface area contributed by atoms with Gasteiger partial charge in [0, 0.05) is 31.3 Å². The maximum Gasteiger partial charge on any atom is 0.326 e. The van der Waals surface area contributed by atoms with Crippen molar-refractivity contribution < 1.29 is 29.4 Å². The third-order valence-corrected chi connectivity index (χ3v) is 6.80. The van der Waals surface area contributed by atoms with E-state index in [4.69, 9.17) is 0 Å². The average Bonchev–Trinajstić information content (AvgIpc) is 3.67. The summed E-state index contributed by atoms with van der Waals surface area (Å²) in [5.74, 6) is -2.40. The first-order chi connectivity index (χ1) is 17.8. The van der Waals surface area contributed by atoms with Crippen LogP contribution in [-0.4, -0.2) is 86.0 Å². The number of carbonyl (C=O) groups is 4. The van der Waals surface area contributed by atoms with Gasteiger partial charge in [0.2, 0.25) is 17.7 Å². The van der Waals surface area contributed by atoms with Crippen molar-refractivity contribution in [2.24, 2.45) is 0 Å². The number of hydrogen-bond donors (Lipinski definition) is 6. The number of carboxylic acid groups (broad SMARTS) is 1. The van der Waals surface area contributed by atoms with Gasteiger partial charge in [-0.25, -0.2) is 9.78 Å². The summed E-state index contributed by atoms with van der Waals surface area (Å²) in [5, 5.41) is 27.7. The molecule has 4 atom stereocenters. The monoisotopic (exact) mass is 512 g/mol. The van der Waals surface area contributed by atoms with E-state index in [2.05, 4.69) is 25.9 Å². The van der Waals surface area contributed by atoms with E-state index < -0.39 is 35.9 Å². The Morgan fingerprint density at radius 2 is 1.84 bits per heavy atom. The van der Waals surface area contributed by atoms with Crippen LogP contribution in [0.5, 0.6) is 5.75 Å². The highest BCUT2D eigenvalue weighted by atomic mass is 16.4. The molecule has 1 aromatic heterocycles. The van der Waals surface area contributed by atoms with E-state index in [9.17, 15) is 29.4 Å². The number of aromatic hydroxyl groups is 1. The summed E-state index contributed by atoms with van der Waals surface area (Å²) in [6, 6.07) is 2.84. The lowest BCUT2D eigenvalue weighted by Gasteiger charge is -2.28. The number of hydrogen-bond acceptors (Lipinski definition) is 7. The predicted octanol–water partition coefficient (Wildman–Crippen LogP) is -0.302. The number of phenolic OH excluding ortho intramolecular Hbond substituents is 1. The molecule has 0 radical (unpaired) electrons. The number of carbonyl (C=O) groups excluding carboxylic acids is 3. The van der Waals surface area contributed by atoms with Crippen molar-refractivity contribution in [2.45, 2.75) is 62.7 Å². The molecular weight excluding hydrogens is 480 g/mol. The Kier molecular flexibility index (Phi) is 8.39. The molecule has 12 heteroatoms. The van der Waals surface area contributed by atoms with Crippen LogP contribution >= 0.6 is 0 Å². The van der Waals surface area contributed by atoms with Crippen molar-refractivity contribution in [1.82, 2.24) is 30.8 Å². The Morgan fingerprint density at radius 1 is 1.05 bits per heavy atom. The summed E-state index contributed by atoms with van der Waals surface area (Å²) < 4.78 is 0. The maximum atomic E-state index is 13.3. The Balaban J connectivity index is 1.48. The summed E-state index contributed by atoms with van der Waals surface area (Å²) in [6.45, 7) is 1.23. The third kappa shape index (κ3) is 6.64. The number of aliphatic carboxylic acids is 1. The van der Waals surface area contributed by atoms with Gasteiger partial charge in [-0.1, -0.05) is 12.1 Å². The van der Waals surface area contributed by atoms with Gasteiger partial charge in [-0.15, -0.1) is 0 Å². The second-order valence-electron chi connectivity index (χ2n) is 9.45. The Morgan fingerprint density at radius 3 is 2.49 bits per heavy atom. The number of phenols is 1. The lowest BCUT2D eigenvalue weighted by atomic mass is 10.0. The van der Waals surface area contributed by atoms with Crippen molar-refractivity contribution in [2.75, 3.05) is 13.1 Å². The van der Waals surface area contributed by atoms with Crippen LogP contribution in [0.3, 0.4) is 0 Å². The fraction of sp³-hybridized carbons (Fsp3) is 0.480. The van der Waals surface area contributed by atoms with Gasteiger partial charge in [0.15, 0.2) is 0 Å². The molecule has 6 N–H and O–H groups in total. The van der Waals surface area contributed by atoms with Crippen LogP contribution in [0.25, 0.3) is 0 Å². The molecule has 0 saturated carbocycles. The van der Waals surface area contributed by atoms with Gasteiger partial charge < -0.3 is 36.0 Å². The first-order valence-corrected chi connectivity index (χ1v) is 12.4. The smallest absolute Gasteiger partial charge is 0.326 e. The summed E-state index contributed by atoms with van der Waals surface area (Å²) in [6.07, 6.45) is 5.73. The Hall–Kier alpha value is -3.93. The van der Waals surface area contributed by atoms with E-state index in [-0.39, 0.29) is 30.5 Å². The molecule has 0 aliphatic carbocycles. The minimum absolute atomic E-state index is 0.0136. The summed E-state index contributed by atoms with van der Waals surface area (Å²) in [7, 11) is 0. The summed E-state index contributed by atoms with van der Waals surface area (Å²) in [5.41, 5.74) is 1.20. The van der Waals surface area contributed by atoms with Crippen molar-refractivity contribution in [3.8, 4) is 5.75 Å². The van der Waals surface area contributed by atoms with Crippen LogP contribution in [0, 0.1) is 0 Å². The number of amides is 3. The van der Waals surface area contributed by atoms with E-state index in [0.29, 0.717) is 30.6 Å². The summed E-state index contributed by atoms with van der Waals surface area (Å²) in [4.78, 5) is 59.7. The number of carboxylic acids is 1. The number of benzene rings is 1. The Bertz CT molecular complexity index is 1100. The normalized spacial score (nSPS) is 20.8. The van der Waals surface area contributed by atoms with Gasteiger partial charge in [-0.05, 0) is 49.9 Å². The van der Waals surface area contributed by atoms with Crippen LogP contribution in [0.2, 0.25) is 0 Å². The number of nitrogens with zero attached hydrogens (tertiary/aromatic N) is 2. The van der Waals surface area contributed by atoms with E-state index in [1.54, 1.807) is 17.0 Å². The number of likely N-dealkylation sites (tertiary alicyclic amines) is 1. The third-order valence-electron chi connectivity index (χ3n) is 6.80. The van der Waals surface area contributed by atoms with Gasteiger partial charge in [-0.3, -0.25) is 14.4 Å². The van der Waals surface area contributed by atoms with Crippen molar-refractivity contribution >= 4 is 23.7 Å². The van der Waals surface area contributed by atoms with Crippen molar-refractivity contribution in [3.63, 3.8) is 0 Å². The lowest BCUT2D eigenvalue weighted by molar-refractivity contribution is -0.143. The minimum Gasteiger partial charge on any atom is -0.508 e. The van der Waals surface area contributed by atoms with Crippen LogP contribution in [0.1, 0.15) is 36.9 Å². The van der Waals surface area contributed by atoms with E-state index in [1.807, 2.05) is 0 Å². The number of imidazole rings is 1. The van der Waals surface area contributed by atoms with Gasteiger partial charge >= 0.3 is 5.97 Å². The minimum atomic E-state index is -1.25. The van der Waals surface area contributed by atoms with E-state index in [0.717, 1.165) is 19.4 Å². The molecule has 37 heavy (non-hydrogen) atoms. The number of H-pyrrole nitrogens is 1. The first kappa shape index (κ1) is 26.1. The standard InChI is InChI=1S/C25H32N6O6/c32-17-7-5-15(6-8-17)11-19(22(33)30-20(25(36)37)12-16-13-26-14-28-16)29-23(34)21-4-2-10-31(21)24(35)18-3-1-9-27-18/h5-8,13-14,18-21,27,32H,1-4,9-12H2,(H,26,28)(H,29,34)(H,30,33)(H,36,37). The molecule has 3 heterocycles. The number of nitrogens with one attached hydrogen (secondary N) is 4. The fourth-order valence-electron chi connectivity index (χ4n) is 4.83. The molecule has 198 valence electrons. The predicted molar refractivity (Wildman–Crippen MR) is 131 cm³/mol. The molecule has 2 aliphatic heterocycles. The molecular formula is C25H32N6O6. The molecule has 2 fully saturated rings. The topological polar surface area (TPSA) is 177 Å². The highest BCUT2D eigenvalue weighted by molar-refractivity contribution is 5.94. The highest BCUT2D eigenvalue weighted by Crippen LogP contribution is 2.21. The average molecular weight is 513 g/mol. The van der Waals surface area contributed by atoms with Gasteiger partial charge in [-0.2, -0.15) is 0 Å². The molecule has 4 rings (SSSR count). The largest absolute Gasteiger partial charge is 0.508 e. The molecule has 0 bridgehead atoms. The highest BCUT2D eigenvalue weighted by Gasteiger charge is 2.39. The molecule has 2 aromatic rings. The fourth-order valence-corrected chi connectivity index (χ4v) is 4.83. The lowest BCUT2D eigenvalue weighted by Crippen LogP contribution is -2.57. The van der Waals surface area contributed by atoms with Gasteiger partial charge in [0.25, 0.3) is 0 Å². The number of rotatable bonds is 10. The molecule has 4 unspecified atom stereocenters. The SMILES string of the molecule is O=C(O)C(Cc1cnc[nH]1)NC(=O)C(Cc1ccc(O)cc1)NC(=O)C1CCCN1C(=O)C1CCCN1. The molecule has 1 aromatic carbocycles. The molecule has 12 nitrogen and oxygen atoms in total. The molecule has 2 saturated heterocycles. The quantitative estimate of drug-likeness (QED) is 0.251. The zero-order valence-electron chi connectivity index (χ0n) is 20.4. The maximum absolute atomic E-state index is 13.3. The Labute approximate surface area is 213 Å². The zero-order valence-corrected chi connectivity index (χ0v) is 20.4. The zero-order chi connectivity index (χ0) is 26.4. The second-order valence-corrected chi connectivity index (χ2v) is 9.45.